The van der Waals surface area contributed by atoms with E-state index in [-0.39, 0.29) is 5.92 Å². The molecular formula is C25H31N3. The quantitative estimate of drug-likeness (QED) is 0.393. The Morgan fingerprint density at radius 3 is 0.929 bits per heavy atom. The van der Waals surface area contributed by atoms with Crippen LogP contribution in [-0.2, 0) is 0 Å². The van der Waals surface area contributed by atoms with Crippen molar-refractivity contribution in [3.05, 3.63) is 89.5 Å². The van der Waals surface area contributed by atoms with Gasteiger partial charge in [-0.3, -0.25) is 0 Å². The highest BCUT2D eigenvalue weighted by atomic mass is 14.9. The summed E-state index contributed by atoms with van der Waals surface area (Å²) in [6.45, 7) is 9.15. The van der Waals surface area contributed by atoms with Crippen LogP contribution >= 0.6 is 0 Å². The summed E-state index contributed by atoms with van der Waals surface area (Å²) in [6, 6.07) is 26.4. The molecule has 0 heterocycles. The van der Waals surface area contributed by atoms with E-state index >= 15 is 0 Å². The monoisotopic (exact) mass is 373 g/mol. The molecule has 3 heteroatoms. The first-order chi connectivity index (χ1) is 13.7. The van der Waals surface area contributed by atoms with Crippen molar-refractivity contribution in [3.8, 4) is 0 Å². The molecule has 0 aliphatic heterocycles. The molecule has 0 unspecified atom stereocenters. The summed E-state index contributed by atoms with van der Waals surface area (Å²) in [5.74, 6) is 0.210. The smallest absolute Gasteiger partial charge is 0.0340 e. The molecule has 0 saturated carbocycles. The number of hydrogen-bond donors (Lipinski definition) is 3. The molecule has 0 spiro atoms. The summed E-state index contributed by atoms with van der Waals surface area (Å²) in [5.41, 5.74) is 7.39. The van der Waals surface area contributed by atoms with Gasteiger partial charge < -0.3 is 16.0 Å². The second-order valence-electron chi connectivity index (χ2n) is 6.89. The van der Waals surface area contributed by atoms with E-state index < -0.39 is 0 Å². The van der Waals surface area contributed by atoms with Crippen molar-refractivity contribution in [2.24, 2.45) is 0 Å². The lowest BCUT2D eigenvalue weighted by atomic mass is 9.85. The fourth-order valence-electron chi connectivity index (χ4n) is 3.57. The van der Waals surface area contributed by atoms with Gasteiger partial charge in [0.15, 0.2) is 0 Å². The van der Waals surface area contributed by atoms with Crippen LogP contribution in [0, 0.1) is 0 Å². The van der Waals surface area contributed by atoms with E-state index in [2.05, 4.69) is 110 Å². The first-order valence-electron chi connectivity index (χ1n) is 10.3. The van der Waals surface area contributed by atoms with Gasteiger partial charge in [0.2, 0.25) is 0 Å². The first kappa shape index (κ1) is 19.8. The largest absolute Gasteiger partial charge is 0.385 e. The van der Waals surface area contributed by atoms with Crippen LogP contribution in [0.25, 0.3) is 0 Å². The van der Waals surface area contributed by atoms with E-state index in [1.54, 1.807) is 0 Å². The standard InChI is InChI=1S/C25H31N3/c1-4-26-22-13-7-19(8-14-22)25(20-9-15-23(16-10-20)27-5-2)21-11-17-24(18-12-21)28-6-3/h7-18,25-28H,4-6H2,1-3H3. The highest BCUT2D eigenvalue weighted by molar-refractivity contribution is 5.54. The average Bonchev–Trinajstić information content (AvgIpc) is 2.73. The molecule has 0 saturated heterocycles. The van der Waals surface area contributed by atoms with Crippen LogP contribution in [0.4, 0.5) is 17.1 Å². The van der Waals surface area contributed by atoms with Crippen LogP contribution in [0.5, 0.6) is 0 Å². The lowest BCUT2D eigenvalue weighted by Crippen LogP contribution is -2.05. The lowest BCUT2D eigenvalue weighted by Gasteiger charge is -2.20. The predicted molar refractivity (Wildman–Crippen MR) is 123 cm³/mol. The topological polar surface area (TPSA) is 36.1 Å². The van der Waals surface area contributed by atoms with Crippen LogP contribution in [-0.4, -0.2) is 19.6 Å². The van der Waals surface area contributed by atoms with Crippen molar-refractivity contribution in [1.82, 2.24) is 0 Å². The molecule has 0 radical (unpaired) electrons. The molecule has 28 heavy (non-hydrogen) atoms. The lowest BCUT2D eigenvalue weighted by molar-refractivity contribution is 0.976. The van der Waals surface area contributed by atoms with Crippen LogP contribution in [0.2, 0.25) is 0 Å². The highest BCUT2D eigenvalue weighted by Gasteiger charge is 2.17. The Labute approximate surface area is 169 Å². The molecule has 0 atom stereocenters. The molecule has 0 aromatic heterocycles. The van der Waals surface area contributed by atoms with Gasteiger partial charge in [0.05, 0.1) is 0 Å². The Kier molecular flexibility index (Phi) is 6.96. The maximum atomic E-state index is 3.38. The molecule has 3 rings (SSSR count). The second-order valence-corrected chi connectivity index (χ2v) is 6.89. The predicted octanol–water partition coefficient (Wildman–Crippen LogP) is 6.16. The molecule has 146 valence electrons. The van der Waals surface area contributed by atoms with Gasteiger partial charge in [-0.15, -0.1) is 0 Å². The van der Waals surface area contributed by atoms with Crippen molar-refractivity contribution >= 4 is 17.1 Å². The van der Waals surface area contributed by atoms with Crippen molar-refractivity contribution in [3.63, 3.8) is 0 Å². The van der Waals surface area contributed by atoms with Gasteiger partial charge in [-0.1, -0.05) is 36.4 Å². The Balaban J connectivity index is 1.97. The summed E-state index contributed by atoms with van der Waals surface area (Å²) >= 11 is 0. The summed E-state index contributed by atoms with van der Waals surface area (Å²) in [5, 5.41) is 10.1. The van der Waals surface area contributed by atoms with Gasteiger partial charge in [-0.05, 0) is 73.9 Å². The Hall–Kier alpha value is -2.94. The number of hydrogen-bond acceptors (Lipinski definition) is 3. The van der Waals surface area contributed by atoms with Gasteiger partial charge >= 0.3 is 0 Å². The zero-order chi connectivity index (χ0) is 19.8. The summed E-state index contributed by atoms with van der Waals surface area (Å²) < 4.78 is 0. The van der Waals surface area contributed by atoms with E-state index in [1.807, 2.05) is 0 Å². The van der Waals surface area contributed by atoms with Gasteiger partial charge in [0.1, 0.15) is 0 Å². The molecule has 3 aromatic rings. The number of benzene rings is 3. The normalized spacial score (nSPS) is 10.7. The molecule has 0 amide bonds. The minimum Gasteiger partial charge on any atom is -0.385 e. The van der Waals surface area contributed by atoms with Crippen LogP contribution in [0.1, 0.15) is 43.4 Å². The molecule has 0 bridgehead atoms. The minimum atomic E-state index is 0.210. The third-order valence-corrected chi connectivity index (χ3v) is 4.87. The molecule has 0 fully saturated rings. The third-order valence-electron chi connectivity index (χ3n) is 4.87. The maximum absolute atomic E-state index is 3.38. The van der Waals surface area contributed by atoms with Crippen molar-refractivity contribution < 1.29 is 0 Å². The van der Waals surface area contributed by atoms with Crippen molar-refractivity contribution in [2.45, 2.75) is 26.7 Å². The summed E-state index contributed by atoms with van der Waals surface area (Å²) in [7, 11) is 0. The molecule has 3 aromatic carbocycles. The highest BCUT2D eigenvalue weighted by Crippen LogP contribution is 2.33. The number of rotatable bonds is 9. The number of nitrogens with one attached hydrogen (secondary N) is 3. The zero-order valence-corrected chi connectivity index (χ0v) is 17.1. The third kappa shape index (κ3) is 4.86. The SMILES string of the molecule is CCNc1ccc(C(c2ccc(NCC)cc2)c2ccc(NCC)cc2)cc1. The van der Waals surface area contributed by atoms with Gasteiger partial charge in [0.25, 0.3) is 0 Å². The van der Waals surface area contributed by atoms with E-state index in [4.69, 9.17) is 0 Å². The summed E-state index contributed by atoms with van der Waals surface area (Å²) in [6.07, 6.45) is 0. The summed E-state index contributed by atoms with van der Waals surface area (Å²) in [4.78, 5) is 0. The van der Waals surface area contributed by atoms with E-state index in [0.29, 0.717) is 0 Å². The molecule has 3 nitrogen and oxygen atoms in total. The zero-order valence-electron chi connectivity index (χ0n) is 17.1. The van der Waals surface area contributed by atoms with E-state index in [0.717, 1.165) is 36.7 Å². The Bertz CT molecular complexity index is 719. The Morgan fingerprint density at radius 1 is 0.464 bits per heavy atom. The molecule has 3 N–H and O–H groups in total. The van der Waals surface area contributed by atoms with Crippen molar-refractivity contribution in [1.29, 1.82) is 0 Å². The van der Waals surface area contributed by atoms with Crippen LogP contribution in [0.15, 0.2) is 72.8 Å². The average molecular weight is 374 g/mol. The fraction of sp³-hybridized carbons (Fsp3) is 0.280. The fourth-order valence-corrected chi connectivity index (χ4v) is 3.57. The van der Waals surface area contributed by atoms with Gasteiger partial charge in [0, 0.05) is 42.6 Å². The van der Waals surface area contributed by atoms with Crippen molar-refractivity contribution in [2.75, 3.05) is 35.6 Å². The Morgan fingerprint density at radius 2 is 0.714 bits per heavy atom. The molecular weight excluding hydrogens is 342 g/mol. The molecule has 0 aliphatic rings. The second kappa shape index (κ2) is 9.84. The number of anilines is 3. The molecule has 0 aliphatic carbocycles. The van der Waals surface area contributed by atoms with Crippen LogP contribution < -0.4 is 16.0 Å². The van der Waals surface area contributed by atoms with Gasteiger partial charge in [-0.25, -0.2) is 0 Å². The van der Waals surface area contributed by atoms with E-state index in [9.17, 15) is 0 Å². The van der Waals surface area contributed by atoms with Gasteiger partial charge in [-0.2, -0.15) is 0 Å². The van der Waals surface area contributed by atoms with Crippen LogP contribution in [0.3, 0.4) is 0 Å². The maximum Gasteiger partial charge on any atom is 0.0340 e. The van der Waals surface area contributed by atoms with E-state index in [1.165, 1.54) is 16.7 Å². The first-order valence-corrected chi connectivity index (χ1v) is 10.3. The minimum absolute atomic E-state index is 0.210.